The molecule has 1 fully saturated rings. The van der Waals surface area contributed by atoms with E-state index in [4.69, 9.17) is 5.26 Å². The summed E-state index contributed by atoms with van der Waals surface area (Å²) < 4.78 is 0. The SMILES string of the molecule is CN1CCC(c2ccncc2C#N)C1. The van der Waals surface area contributed by atoms with Gasteiger partial charge in [-0.15, -0.1) is 0 Å². The highest BCUT2D eigenvalue weighted by molar-refractivity contribution is 5.37. The van der Waals surface area contributed by atoms with E-state index in [1.807, 2.05) is 6.07 Å². The number of hydrogen-bond donors (Lipinski definition) is 0. The fourth-order valence-electron chi connectivity index (χ4n) is 2.04. The normalized spacial score (nSPS) is 22.1. The number of nitriles is 1. The molecule has 0 spiro atoms. The number of likely N-dealkylation sites (tertiary alicyclic amines) is 1. The second-order valence-corrected chi connectivity index (χ2v) is 3.82. The molecule has 3 nitrogen and oxygen atoms in total. The van der Waals surface area contributed by atoms with Crippen molar-refractivity contribution < 1.29 is 0 Å². The Bertz CT molecular complexity index is 367. The van der Waals surface area contributed by atoms with E-state index in [0.717, 1.165) is 30.6 Å². The van der Waals surface area contributed by atoms with Gasteiger partial charge < -0.3 is 4.90 Å². The van der Waals surface area contributed by atoms with Crippen molar-refractivity contribution in [3.05, 3.63) is 29.6 Å². The average Bonchev–Trinajstić information content (AvgIpc) is 2.65. The maximum atomic E-state index is 8.94. The van der Waals surface area contributed by atoms with Crippen molar-refractivity contribution in [1.29, 1.82) is 5.26 Å². The lowest BCUT2D eigenvalue weighted by molar-refractivity contribution is 0.411. The van der Waals surface area contributed by atoms with Gasteiger partial charge in [-0.25, -0.2) is 0 Å². The highest BCUT2D eigenvalue weighted by atomic mass is 15.1. The second kappa shape index (κ2) is 3.77. The molecule has 0 aliphatic carbocycles. The second-order valence-electron chi connectivity index (χ2n) is 3.82. The Morgan fingerprint density at radius 1 is 1.64 bits per heavy atom. The van der Waals surface area contributed by atoms with Crippen molar-refractivity contribution in [2.75, 3.05) is 20.1 Å². The molecule has 1 aromatic heterocycles. The van der Waals surface area contributed by atoms with Crippen LogP contribution in [-0.4, -0.2) is 30.0 Å². The van der Waals surface area contributed by atoms with Gasteiger partial charge >= 0.3 is 0 Å². The van der Waals surface area contributed by atoms with E-state index in [-0.39, 0.29) is 0 Å². The minimum Gasteiger partial charge on any atom is -0.306 e. The average molecular weight is 187 g/mol. The quantitative estimate of drug-likeness (QED) is 0.666. The van der Waals surface area contributed by atoms with Crippen LogP contribution in [0.15, 0.2) is 18.5 Å². The Morgan fingerprint density at radius 2 is 2.50 bits per heavy atom. The molecule has 1 aliphatic heterocycles. The predicted octanol–water partition coefficient (Wildman–Crippen LogP) is 1.37. The standard InChI is InChI=1S/C11H13N3/c1-14-5-3-9(8-14)11-2-4-13-7-10(11)6-12/h2,4,7,9H,3,5,8H2,1H3. The van der Waals surface area contributed by atoms with Crippen LogP contribution in [0.1, 0.15) is 23.5 Å². The molecule has 0 saturated carbocycles. The van der Waals surface area contributed by atoms with Gasteiger partial charge in [0.2, 0.25) is 0 Å². The summed E-state index contributed by atoms with van der Waals surface area (Å²) >= 11 is 0. The van der Waals surface area contributed by atoms with Gasteiger partial charge in [-0.05, 0) is 37.6 Å². The van der Waals surface area contributed by atoms with Crippen molar-refractivity contribution in [2.24, 2.45) is 0 Å². The summed E-state index contributed by atoms with van der Waals surface area (Å²) in [6.45, 7) is 2.18. The first-order valence-corrected chi connectivity index (χ1v) is 4.84. The molecule has 2 rings (SSSR count). The van der Waals surface area contributed by atoms with Crippen molar-refractivity contribution in [1.82, 2.24) is 9.88 Å². The summed E-state index contributed by atoms with van der Waals surface area (Å²) in [4.78, 5) is 6.27. The summed E-state index contributed by atoms with van der Waals surface area (Å²) in [6, 6.07) is 4.18. The van der Waals surface area contributed by atoms with E-state index in [0.29, 0.717) is 5.92 Å². The van der Waals surface area contributed by atoms with E-state index in [2.05, 4.69) is 23.0 Å². The molecule has 1 atom stereocenters. The van der Waals surface area contributed by atoms with E-state index >= 15 is 0 Å². The molecule has 72 valence electrons. The molecular weight excluding hydrogens is 174 g/mol. The van der Waals surface area contributed by atoms with Crippen LogP contribution in [-0.2, 0) is 0 Å². The van der Waals surface area contributed by atoms with E-state index in [1.165, 1.54) is 0 Å². The fraction of sp³-hybridized carbons (Fsp3) is 0.455. The zero-order valence-electron chi connectivity index (χ0n) is 8.27. The molecule has 0 aromatic carbocycles. The van der Waals surface area contributed by atoms with Crippen molar-refractivity contribution in [3.63, 3.8) is 0 Å². The summed E-state index contributed by atoms with van der Waals surface area (Å²) in [5, 5.41) is 8.94. The summed E-state index contributed by atoms with van der Waals surface area (Å²) in [6.07, 6.45) is 4.58. The number of hydrogen-bond acceptors (Lipinski definition) is 3. The minimum atomic E-state index is 0.512. The highest BCUT2D eigenvalue weighted by Gasteiger charge is 2.22. The summed E-state index contributed by atoms with van der Waals surface area (Å²) in [7, 11) is 2.12. The van der Waals surface area contributed by atoms with Gasteiger partial charge in [0.25, 0.3) is 0 Å². The Morgan fingerprint density at radius 3 is 3.14 bits per heavy atom. The number of pyridine rings is 1. The Balaban J connectivity index is 2.28. The molecule has 0 bridgehead atoms. The first-order valence-electron chi connectivity index (χ1n) is 4.84. The smallest absolute Gasteiger partial charge is 0.101 e. The minimum absolute atomic E-state index is 0.512. The van der Waals surface area contributed by atoms with Gasteiger partial charge in [-0.1, -0.05) is 0 Å². The maximum absolute atomic E-state index is 8.94. The first-order chi connectivity index (χ1) is 6.81. The molecule has 1 saturated heterocycles. The number of aromatic nitrogens is 1. The zero-order chi connectivity index (χ0) is 9.97. The molecule has 1 unspecified atom stereocenters. The van der Waals surface area contributed by atoms with Crippen LogP contribution in [0.4, 0.5) is 0 Å². The van der Waals surface area contributed by atoms with Crippen molar-refractivity contribution >= 4 is 0 Å². The first kappa shape index (κ1) is 9.17. The molecule has 2 heterocycles. The van der Waals surface area contributed by atoms with Gasteiger partial charge in [0.05, 0.1) is 5.56 Å². The van der Waals surface area contributed by atoms with E-state index < -0.39 is 0 Å². The van der Waals surface area contributed by atoms with Gasteiger partial charge in [0.15, 0.2) is 0 Å². The molecule has 0 N–H and O–H groups in total. The van der Waals surface area contributed by atoms with E-state index in [1.54, 1.807) is 12.4 Å². The third-order valence-electron chi connectivity index (χ3n) is 2.81. The van der Waals surface area contributed by atoms with Crippen LogP contribution in [0.3, 0.4) is 0 Å². The molecule has 3 heteroatoms. The Hall–Kier alpha value is -1.40. The zero-order valence-corrected chi connectivity index (χ0v) is 8.27. The maximum Gasteiger partial charge on any atom is 0.101 e. The molecular formula is C11H13N3. The Labute approximate surface area is 84.0 Å². The lowest BCUT2D eigenvalue weighted by Crippen LogP contribution is -2.13. The van der Waals surface area contributed by atoms with Crippen LogP contribution in [0.5, 0.6) is 0 Å². The van der Waals surface area contributed by atoms with Gasteiger partial charge in [0, 0.05) is 18.9 Å². The largest absolute Gasteiger partial charge is 0.306 e. The van der Waals surface area contributed by atoms with Gasteiger partial charge in [0.1, 0.15) is 6.07 Å². The van der Waals surface area contributed by atoms with Gasteiger partial charge in [-0.2, -0.15) is 5.26 Å². The number of nitrogens with zero attached hydrogens (tertiary/aromatic N) is 3. The number of likely N-dealkylation sites (N-methyl/N-ethyl adjacent to an activating group) is 1. The summed E-state index contributed by atoms with van der Waals surface area (Å²) in [5.41, 5.74) is 1.89. The van der Waals surface area contributed by atoms with Gasteiger partial charge in [-0.3, -0.25) is 4.98 Å². The third-order valence-corrected chi connectivity index (χ3v) is 2.81. The predicted molar refractivity (Wildman–Crippen MR) is 53.8 cm³/mol. The summed E-state index contributed by atoms with van der Waals surface area (Å²) in [5.74, 6) is 0.512. The van der Waals surface area contributed by atoms with E-state index in [9.17, 15) is 0 Å². The molecule has 1 aliphatic rings. The van der Waals surface area contributed by atoms with Crippen LogP contribution in [0.2, 0.25) is 0 Å². The van der Waals surface area contributed by atoms with Crippen LogP contribution >= 0.6 is 0 Å². The molecule has 0 amide bonds. The van der Waals surface area contributed by atoms with Crippen molar-refractivity contribution in [2.45, 2.75) is 12.3 Å². The molecule has 1 aromatic rings. The van der Waals surface area contributed by atoms with Crippen molar-refractivity contribution in [3.8, 4) is 6.07 Å². The lowest BCUT2D eigenvalue weighted by Gasteiger charge is -2.11. The highest BCUT2D eigenvalue weighted by Crippen LogP contribution is 2.27. The fourth-order valence-corrected chi connectivity index (χ4v) is 2.04. The third kappa shape index (κ3) is 1.61. The lowest BCUT2D eigenvalue weighted by atomic mass is 9.96. The molecule has 14 heavy (non-hydrogen) atoms. The molecule has 0 radical (unpaired) electrons. The van der Waals surface area contributed by atoms with Crippen LogP contribution in [0, 0.1) is 11.3 Å². The Kier molecular flexibility index (Phi) is 2.47. The van der Waals surface area contributed by atoms with Crippen LogP contribution < -0.4 is 0 Å². The monoisotopic (exact) mass is 187 g/mol. The topological polar surface area (TPSA) is 39.9 Å². The van der Waals surface area contributed by atoms with Crippen LogP contribution in [0.25, 0.3) is 0 Å². The number of rotatable bonds is 1.